The standard InChI is InChI=1S/C16H17NOS/c1-11-5-3-4-6-14(11)10-18-15-9-13(16(17)19)8-7-12(15)2/h3-9H,10H2,1-2H3,(H2,17,19). The lowest BCUT2D eigenvalue weighted by Crippen LogP contribution is -2.09. The smallest absolute Gasteiger partial charge is 0.123 e. The van der Waals surface area contributed by atoms with Gasteiger partial charge in [0.25, 0.3) is 0 Å². The molecule has 0 fully saturated rings. The lowest BCUT2D eigenvalue weighted by Gasteiger charge is -2.12. The number of ether oxygens (including phenoxy) is 1. The van der Waals surface area contributed by atoms with Gasteiger partial charge in [-0.2, -0.15) is 0 Å². The van der Waals surface area contributed by atoms with Crippen LogP contribution in [0.1, 0.15) is 22.3 Å². The van der Waals surface area contributed by atoms with Crippen LogP contribution >= 0.6 is 12.2 Å². The topological polar surface area (TPSA) is 35.2 Å². The fourth-order valence-electron chi connectivity index (χ4n) is 1.84. The van der Waals surface area contributed by atoms with Gasteiger partial charge in [-0.3, -0.25) is 0 Å². The first-order chi connectivity index (χ1) is 9.08. The summed E-state index contributed by atoms with van der Waals surface area (Å²) < 4.78 is 5.88. The largest absolute Gasteiger partial charge is 0.489 e. The van der Waals surface area contributed by atoms with E-state index in [9.17, 15) is 0 Å². The quantitative estimate of drug-likeness (QED) is 0.864. The maximum Gasteiger partial charge on any atom is 0.123 e. The number of rotatable bonds is 4. The summed E-state index contributed by atoms with van der Waals surface area (Å²) in [5, 5.41) is 0. The molecule has 2 aromatic rings. The normalized spacial score (nSPS) is 10.2. The van der Waals surface area contributed by atoms with Crippen molar-refractivity contribution in [2.24, 2.45) is 5.73 Å². The van der Waals surface area contributed by atoms with E-state index in [1.807, 2.05) is 37.3 Å². The van der Waals surface area contributed by atoms with Crippen molar-refractivity contribution in [3.63, 3.8) is 0 Å². The van der Waals surface area contributed by atoms with Crippen LogP contribution in [-0.4, -0.2) is 4.99 Å². The zero-order valence-electron chi connectivity index (χ0n) is 11.1. The summed E-state index contributed by atoms with van der Waals surface area (Å²) in [7, 11) is 0. The second-order valence-electron chi connectivity index (χ2n) is 4.56. The van der Waals surface area contributed by atoms with Crippen molar-refractivity contribution in [1.29, 1.82) is 0 Å². The van der Waals surface area contributed by atoms with Crippen LogP contribution in [0.4, 0.5) is 0 Å². The minimum Gasteiger partial charge on any atom is -0.489 e. The Balaban J connectivity index is 2.17. The second-order valence-corrected chi connectivity index (χ2v) is 5.00. The highest BCUT2D eigenvalue weighted by atomic mass is 32.1. The molecule has 0 atom stereocenters. The van der Waals surface area contributed by atoms with Gasteiger partial charge >= 0.3 is 0 Å². The summed E-state index contributed by atoms with van der Waals surface area (Å²) in [6.07, 6.45) is 0. The Labute approximate surface area is 119 Å². The van der Waals surface area contributed by atoms with Crippen LogP contribution in [0.25, 0.3) is 0 Å². The summed E-state index contributed by atoms with van der Waals surface area (Å²) in [5.74, 6) is 0.827. The molecule has 0 heterocycles. The molecule has 2 aromatic carbocycles. The molecule has 2 N–H and O–H groups in total. The molecular weight excluding hydrogens is 254 g/mol. The van der Waals surface area contributed by atoms with Gasteiger partial charge in [0.05, 0.1) is 0 Å². The molecular formula is C16H17NOS. The first-order valence-corrected chi connectivity index (χ1v) is 6.56. The van der Waals surface area contributed by atoms with E-state index in [1.54, 1.807) is 0 Å². The van der Waals surface area contributed by atoms with Crippen LogP contribution in [0.2, 0.25) is 0 Å². The molecule has 0 saturated heterocycles. The molecule has 19 heavy (non-hydrogen) atoms. The van der Waals surface area contributed by atoms with Crippen LogP contribution in [0, 0.1) is 13.8 Å². The van der Waals surface area contributed by atoms with Crippen molar-refractivity contribution in [3.8, 4) is 5.75 Å². The molecule has 0 spiro atoms. The van der Waals surface area contributed by atoms with Crippen LogP contribution in [-0.2, 0) is 6.61 Å². The average molecular weight is 271 g/mol. The van der Waals surface area contributed by atoms with Crippen molar-refractivity contribution < 1.29 is 4.74 Å². The lowest BCUT2D eigenvalue weighted by atomic mass is 10.1. The average Bonchev–Trinajstić information content (AvgIpc) is 2.39. The predicted octanol–water partition coefficient (Wildman–Crippen LogP) is 3.52. The van der Waals surface area contributed by atoms with Gasteiger partial charge in [0, 0.05) is 5.56 Å². The zero-order chi connectivity index (χ0) is 13.8. The summed E-state index contributed by atoms with van der Waals surface area (Å²) >= 11 is 4.99. The van der Waals surface area contributed by atoms with Crippen LogP contribution in [0.5, 0.6) is 5.75 Å². The maximum absolute atomic E-state index is 5.88. The van der Waals surface area contributed by atoms with Crippen molar-refractivity contribution in [1.82, 2.24) is 0 Å². The summed E-state index contributed by atoms with van der Waals surface area (Å²) in [4.78, 5) is 0.390. The van der Waals surface area contributed by atoms with Gasteiger partial charge < -0.3 is 10.5 Å². The third-order valence-corrected chi connectivity index (χ3v) is 3.35. The molecule has 0 aliphatic carbocycles. The highest BCUT2D eigenvalue weighted by Gasteiger charge is 2.05. The number of hydrogen-bond donors (Lipinski definition) is 1. The molecule has 0 aliphatic rings. The molecule has 0 unspecified atom stereocenters. The first kappa shape index (κ1) is 13.6. The van der Waals surface area contributed by atoms with E-state index in [0.717, 1.165) is 16.9 Å². The number of nitrogens with two attached hydrogens (primary N) is 1. The molecule has 0 saturated carbocycles. The number of aryl methyl sites for hydroxylation is 2. The van der Waals surface area contributed by atoms with Crippen molar-refractivity contribution in [2.45, 2.75) is 20.5 Å². The Hall–Kier alpha value is -1.87. The highest BCUT2D eigenvalue weighted by molar-refractivity contribution is 7.80. The van der Waals surface area contributed by atoms with Crippen LogP contribution in [0.15, 0.2) is 42.5 Å². The van der Waals surface area contributed by atoms with E-state index in [2.05, 4.69) is 19.1 Å². The van der Waals surface area contributed by atoms with Gasteiger partial charge in [-0.1, -0.05) is 48.6 Å². The first-order valence-electron chi connectivity index (χ1n) is 6.15. The Kier molecular flexibility index (Phi) is 4.17. The molecule has 0 radical (unpaired) electrons. The summed E-state index contributed by atoms with van der Waals surface area (Å²) in [6, 6.07) is 14.0. The van der Waals surface area contributed by atoms with Gasteiger partial charge in [-0.05, 0) is 36.6 Å². The lowest BCUT2D eigenvalue weighted by molar-refractivity contribution is 0.303. The molecule has 0 aromatic heterocycles. The van der Waals surface area contributed by atoms with Crippen molar-refractivity contribution in [3.05, 3.63) is 64.7 Å². The minimum absolute atomic E-state index is 0.390. The second kappa shape index (κ2) is 5.85. The monoisotopic (exact) mass is 271 g/mol. The molecule has 3 heteroatoms. The van der Waals surface area contributed by atoms with Crippen molar-refractivity contribution in [2.75, 3.05) is 0 Å². The Morgan fingerprint density at radius 1 is 1.11 bits per heavy atom. The Bertz CT molecular complexity index is 607. The van der Waals surface area contributed by atoms with Gasteiger partial charge in [0.15, 0.2) is 0 Å². The van der Waals surface area contributed by atoms with E-state index in [1.165, 1.54) is 11.1 Å². The maximum atomic E-state index is 5.88. The molecule has 0 bridgehead atoms. The fraction of sp³-hybridized carbons (Fsp3) is 0.188. The SMILES string of the molecule is Cc1ccccc1COc1cc(C(N)=S)ccc1C. The third-order valence-electron chi connectivity index (χ3n) is 3.12. The zero-order valence-corrected chi connectivity index (χ0v) is 12.0. The van der Waals surface area contributed by atoms with E-state index < -0.39 is 0 Å². The summed E-state index contributed by atoms with van der Waals surface area (Å²) in [6.45, 7) is 4.64. The molecule has 2 rings (SSSR count). The van der Waals surface area contributed by atoms with Gasteiger partial charge in [-0.15, -0.1) is 0 Å². The van der Waals surface area contributed by atoms with Gasteiger partial charge in [0.1, 0.15) is 17.3 Å². The molecule has 0 aliphatic heterocycles. The van der Waals surface area contributed by atoms with E-state index in [-0.39, 0.29) is 0 Å². The minimum atomic E-state index is 0.390. The van der Waals surface area contributed by atoms with E-state index in [0.29, 0.717) is 11.6 Å². The Morgan fingerprint density at radius 2 is 1.84 bits per heavy atom. The Morgan fingerprint density at radius 3 is 2.53 bits per heavy atom. The summed E-state index contributed by atoms with van der Waals surface area (Å²) in [5.41, 5.74) is 9.96. The third kappa shape index (κ3) is 3.32. The van der Waals surface area contributed by atoms with E-state index in [4.69, 9.17) is 22.7 Å². The van der Waals surface area contributed by atoms with Crippen molar-refractivity contribution >= 4 is 17.2 Å². The van der Waals surface area contributed by atoms with Gasteiger partial charge in [-0.25, -0.2) is 0 Å². The van der Waals surface area contributed by atoms with Crippen LogP contribution < -0.4 is 10.5 Å². The van der Waals surface area contributed by atoms with Crippen LogP contribution in [0.3, 0.4) is 0 Å². The molecule has 2 nitrogen and oxygen atoms in total. The number of hydrogen-bond acceptors (Lipinski definition) is 2. The number of benzene rings is 2. The highest BCUT2D eigenvalue weighted by Crippen LogP contribution is 2.21. The van der Waals surface area contributed by atoms with E-state index >= 15 is 0 Å². The molecule has 98 valence electrons. The van der Waals surface area contributed by atoms with Gasteiger partial charge in [0.2, 0.25) is 0 Å². The predicted molar refractivity (Wildman–Crippen MR) is 82.6 cm³/mol. The molecule has 0 amide bonds. The fourth-order valence-corrected chi connectivity index (χ4v) is 1.96. The number of thiocarbonyl (C=S) groups is 1.